The van der Waals surface area contributed by atoms with E-state index in [1.54, 1.807) is 30.5 Å². The molecule has 0 saturated heterocycles. The number of aromatic nitrogens is 5. The molecule has 0 aliphatic rings. The van der Waals surface area contributed by atoms with Crippen LogP contribution in [0, 0.1) is 0 Å². The van der Waals surface area contributed by atoms with Gasteiger partial charge >= 0.3 is 5.56 Å². The minimum atomic E-state index is -0.438. The molecule has 2 aromatic heterocycles. The summed E-state index contributed by atoms with van der Waals surface area (Å²) in [7, 11) is 0. The smallest absolute Gasteiger partial charge is 0.316 e. The molecular weight excluding hydrogens is 426 g/mol. The van der Waals surface area contributed by atoms with Gasteiger partial charge in [-0.05, 0) is 47.5 Å². The van der Waals surface area contributed by atoms with E-state index in [4.69, 9.17) is 16.3 Å². The summed E-state index contributed by atoms with van der Waals surface area (Å²) in [6, 6.07) is 24.4. The van der Waals surface area contributed by atoms with Gasteiger partial charge in [-0.3, -0.25) is 4.79 Å². The Kier molecular flexibility index (Phi) is 5.23. The average Bonchev–Trinajstić information content (AvgIpc) is 3.37. The Hall–Kier alpha value is -4.23. The summed E-state index contributed by atoms with van der Waals surface area (Å²) in [4.78, 5) is 13.3. The van der Waals surface area contributed by atoms with E-state index in [9.17, 15) is 4.79 Å². The van der Waals surface area contributed by atoms with E-state index in [-0.39, 0.29) is 5.75 Å². The van der Waals surface area contributed by atoms with Crippen LogP contribution in [0.1, 0.15) is 0 Å². The van der Waals surface area contributed by atoms with E-state index < -0.39 is 5.56 Å². The Morgan fingerprint density at radius 2 is 1.56 bits per heavy atom. The van der Waals surface area contributed by atoms with E-state index in [0.29, 0.717) is 22.1 Å². The van der Waals surface area contributed by atoms with Crippen molar-refractivity contribution in [2.45, 2.75) is 0 Å². The number of hydrogen-bond acceptors (Lipinski definition) is 5. The second kappa shape index (κ2) is 8.49. The zero-order valence-corrected chi connectivity index (χ0v) is 17.4. The second-order valence-electron chi connectivity index (χ2n) is 6.89. The normalized spacial score (nSPS) is 10.8. The predicted octanol–water partition coefficient (Wildman–Crippen LogP) is 4.93. The lowest BCUT2D eigenvalue weighted by molar-refractivity contribution is 0.462. The molecule has 7 nitrogen and oxygen atoms in total. The zero-order valence-electron chi connectivity index (χ0n) is 16.7. The van der Waals surface area contributed by atoms with Crippen molar-refractivity contribution in [2.24, 2.45) is 0 Å². The molecule has 0 unspecified atom stereocenters. The van der Waals surface area contributed by atoms with Gasteiger partial charge in [0.2, 0.25) is 5.75 Å². The van der Waals surface area contributed by atoms with Gasteiger partial charge in [0.05, 0.1) is 24.3 Å². The molecule has 0 saturated carbocycles. The third kappa shape index (κ3) is 3.89. The van der Waals surface area contributed by atoms with Gasteiger partial charge in [-0.1, -0.05) is 59.3 Å². The maximum absolute atomic E-state index is 13.3. The van der Waals surface area contributed by atoms with E-state index in [0.717, 1.165) is 11.1 Å². The van der Waals surface area contributed by atoms with Crippen LogP contribution < -0.4 is 10.3 Å². The summed E-state index contributed by atoms with van der Waals surface area (Å²) in [5.41, 5.74) is 2.64. The summed E-state index contributed by atoms with van der Waals surface area (Å²) < 4.78 is 8.75. The molecule has 0 aliphatic carbocycles. The van der Waals surface area contributed by atoms with Gasteiger partial charge in [-0.2, -0.15) is 9.78 Å². The van der Waals surface area contributed by atoms with E-state index in [1.807, 2.05) is 54.6 Å². The molecule has 0 atom stereocenters. The highest BCUT2D eigenvalue weighted by atomic mass is 35.5. The number of ether oxygens (including phenoxy) is 1. The molecule has 32 heavy (non-hydrogen) atoms. The number of hydrogen-bond donors (Lipinski definition) is 0. The minimum Gasteiger partial charge on any atom is -0.449 e. The maximum Gasteiger partial charge on any atom is 0.316 e. The van der Waals surface area contributed by atoms with Crippen molar-refractivity contribution < 1.29 is 4.74 Å². The number of nitrogens with zero attached hydrogens (tertiary/aromatic N) is 5. The van der Waals surface area contributed by atoms with E-state index >= 15 is 0 Å². The highest BCUT2D eigenvalue weighted by molar-refractivity contribution is 6.30. The van der Waals surface area contributed by atoms with E-state index in [1.165, 1.54) is 21.8 Å². The molecule has 0 N–H and O–H groups in total. The number of rotatable bonds is 5. The SMILES string of the molecule is O=c1c(Oc2ccc(-c3ccccc3)cc2)c(-n2ccnn2)cnn1-c1ccc(Cl)cc1. The summed E-state index contributed by atoms with van der Waals surface area (Å²) in [5.74, 6) is 0.588. The average molecular weight is 442 g/mol. The van der Waals surface area contributed by atoms with Crippen molar-refractivity contribution in [1.29, 1.82) is 0 Å². The zero-order chi connectivity index (χ0) is 21.9. The monoisotopic (exact) mass is 441 g/mol. The van der Waals surface area contributed by atoms with Crippen LogP contribution in [0.2, 0.25) is 5.02 Å². The van der Waals surface area contributed by atoms with Crippen LogP contribution in [0.4, 0.5) is 0 Å². The fraction of sp³-hybridized carbons (Fsp3) is 0. The fourth-order valence-corrected chi connectivity index (χ4v) is 3.38. The highest BCUT2D eigenvalue weighted by Crippen LogP contribution is 2.27. The Labute approximate surface area is 188 Å². The van der Waals surface area contributed by atoms with Crippen molar-refractivity contribution in [2.75, 3.05) is 0 Å². The molecule has 2 heterocycles. The standard InChI is InChI=1S/C24H16ClN5O2/c25-19-8-10-20(11-9-19)30-24(31)23(22(16-27-30)29-15-14-26-28-29)32-21-12-6-18(7-13-21)17-4-2-1-3-5-17/h1-16H. The van der Waals surface area contributed by atoms with Gasteiger partial charge in [-0.25, -0.2) is 4.68 Å². The molecule has 5 aromatic rings. The van der Waals surface area contributed by atoms with Crippen LogP contribution >= 0.6 is 11.6 Å². The first-order valence-corrected chi connectivity index (χ1v) is 10.2. The van der Waals surface area contributed by atoms with Crippen LogP contribution in [0.3, 0.4) is 0 Å². The molecular formula is C24H16ClN5O2. The number of halogens is 1. The largest absolute Gasteiger partial charge is 0.449 e. The summed E-state index contributed by atoms with van der Waals surface area (Å²) >= 11 is 5.98. The second-order valence-corrected chi connectivity index (χ2v) is 7.33. The van der Waals surface area contributed by atoms with Crippen LogP contribution in [-0.4, -0.2) is 24.8 Å². The molecule has 0 fully saturated rings. The van der Waals surface area contributed by atoms with Crippen LogP contribution in [0.5, 0.6) is 11.5 Å². The van der Waals surface area contributed by atoms with Gasteiger partial charge in [-0.15, -0.1) is 5.10 Å². The highest BCUT2D eigenvalue weighted by Gasteiger charge is 2.17. The summed E-state index contributed by atoms with van der Waals surface area (Å²) in [6.45, 7) is 0. The number of benzene rings is 3. The maximum atomic E-state index is 13.3. The van der Waals surface area contributed by atoms with Crippen molar-refractivity contribution in [3.05, 3.63) is 113 Å². The molecule has 3 aromatic carbocycles. The lowest BCUT2D eigenvalue weighted by atomic mass is 10.1. The first kappa shape index (κ1) is 19.7. The molecule has 0 amide bonds. The summed E-state index contributed by atoms with van der Waals surface area (Å²) in [6.07, 6.45) is 4.65. The van der Waals surface area contributed by atoms with Gasteiger partial charge in [0.25, 0.3) is 0 Å². The minimum absolute atomic E-state index is 0.0768. The third-order valence-electron chi connectivity index (χ3n) is 4.84. The van der Waals surface area contributed by atoms with Crippen LogP contribution in [0.15, 0.2) is 102 Å². The molecule has 0 spiro atoms. The predicted molar refractivity (Wildman–Crippen MR) is 122 cm³/mol. The quantitative estimate of drug-likeness (QED) is 0.386. The molecule has 8 heteroatoms. The van der Waals surface area contributed by atoms with Gasteiger partial charge in [0, 0.05) is 5.02 Å². The first-order chi connectivity index (χ1) is 15.7. The van der Waals surface area contributed by atoms with Crippen molar-refractivity contribution in [3.8, 4) is 34.0 Å². The van der Waals surface area contributed by atoms with E-state index in [2.05, 4.69) is 15.4 Å². The molecule has 5 rings (SSSR count). The molecule has 0 aliphatic heterocycles. The van der Waals surface area contributed by atoms with Gasteiger partial charge in [0.15, 0.2) is 0 Å². The summed E-state index contributed by atoms with van der Waals surface area (Å²) in [5, 5.41) is 12.6. The topological polar surface area (TPSA) is 74.8 Å². The Balaban J connectivity index is 1.56. The Bertz CT molecular complexity index is 1400. The Morgan fingerprint density at radius 3 is 2.25 bits per heavy atom. The molecule has 0 radical (unpaired) electrons. The molecule has 156 valence electrons. The van der Waals surface area contributed by atoms with Gasteiger partial charge < -0.3 is 4.74 Å². The van der Waals surface area contributed by atoms with Crippen LogP contribution in [-0.2, 0) is 0 Å². The first-order valence-electron chi connectivity index (χ1n) is 9.77. The van der Waals surface area contributed by atoms with Crippen LogP contribution in [0.25, 0.3) is 22.5 Å². The van der Waals surface area contributed by atoms with Crippen molar-refractivity contribution >= 4 is 11.6 Å². The lowest BCUT2D eigenvalue weighted by Crippen LogP contribution is -2.24. The fourth-order valence-electron chi connectivity index (χ4n) is 3.26. The lowest BCUT2D eigenvalue weighted by Gasteiger charge is -2.13. The third-order valence-corrected chi connectivity index (χ3v) is 5.09. The Morgan fingerprint density at radius 1 is 0.844 bits per heavy atom. The van der Waals surface area contributed by atoms with Crippen molar-refractivity contribution in [3.63, 3.8) is 0 Å². The van der Waals surface area contributed by atoms with Crippen molar-refractivity contribution in [1.82, 2.24) is 24.8 Å². The molecule has 0 bridgehead atoms. The van der Waals surface area contributed by atoms with Gasteiger partial charge in [0.1, 0.15) is 11.4 Å².